The van der Waals surface area contributed by atoms with Gasteiger partial charge in [0.1, 0.15) is 5.75 Å². The summed E-state index contributed by atoms with van der Waals surface area (Å²) in [7, 11) is 1.66. The molecule has 6 heteroatoms. The van der Waals surface area contributed by atoms with Crippen molar-refractivity contribution in [1.29, 1.82) is 0 Å². The van der Waals surface area contributed by atoms with Gasteiger partial charge in [-0.3, -0.25) is 4.79 Å². The van der Waals surface area contributed by atoms with E-state index < -0.39 is 0 Å². The number of hydrogen-bond acceptors (Lipinski definition) is 4. The highest BCUT2D eigenvalue weighted by molar-refractivity contribution is 5.91. The van der Waals surface area contributed by atoms with Gasteiger partial charge in [0.25, 0.3) is 0 Å². The third-order valence-corrected chi connectivity index (χ3v) is 5.57. The lowest BCUT2D eigenvalue weighted by atomic mass is 10.1. The molecular formula is C25H26N4O2. The molecule has 6 nitrogen and oxygen atoms in total. The molecule has 4 aromatic rings. The summed E-state index contributed by atoms with van der Waals surface area (Å²) in [6.07, 6.45) is 0.978. The zero-order valence-electron chi connectivity index (χ0n) is 18.3. The number of aromatic nitrogens is 3. The summed E-state index contributed by atoms with van der Waals surface area (Å²) >= 11 is 0. The third kappa shape index (κ3) is 4.14. The highest BCUT2D eigenvalue weighted by Gasteiger charge is 2.16. The van der Waals surface area contributed by atoms with Gasteiger partial charge in [0.05, 0.1) is 12.8 Å². The highest BCUT2D eigenvalue weighted by atomic mass is 16.5. The fourth-order valence-corrected chi connectivity index (χ4v) is 3.84. The Bertz CT molecular complexity index is 1260. The number of anilines is 1. The minimum atomic E-state index is -0.0108. The molecule has 158 valence electrons. The van der Waals surface area contributed by atoms with E-state index in [0.717, 1.165) is 50.9 Å². The zero-order valence-corrected chi connectivity index (χ0v) is 18.3. The first-order valence-corrected chi connectivity index (χ1v) is 10.3. The van der Waals surface area contributed by atoms with E-state index in [1.807, 2.05) is 79.9 Å². The molecule has 0 saturated heterocycles. The van der Waals surface area contributed by atoms with E-state index in [1.54, 1.807) is 7.11 Å². The monoisotopic (exact) mass is 414 g/mol. The summed E-state index contributed by atoms with van der Waals surface area (Å²) in [4.78, 5) is 17.3. The average molecular weight is 415 g/mol. The lowest BCUT2D eigenvalue weighted by Crippen LogP contribution is -2.15. The molecule has 0 saturated carbocycles. The number of para-hydroxylation sites is 2. The molecule has 0 aliphatic rings. The van der Waals surface area contributed by atoms with Gasteiger partial charge in [-0.15, -0.1) is 0 Å². The Morgan fingerprint density at radius 2 is 1.81 bits per heavy atom. The molecule has 1 N–H and O–H groups in total. The van der Waals surface area contributed by atoms with E-state index in [2.05, 4.69) is 5.32 Å². The number of amides is 1. The van der Waals surface area contributed by atoms with Gasteiger partial charge in [0, 0.05) is 35.1 Å². The van der Waals surface area contributed by atoms with Crippen LogP contribution in [0.25, 0.3) is 16.9 Å². The number of nitrogens with one attached hydrogen (secondary N) is 1. The van der Waals surface area contributed by atoms with Crippen LogP contribution in [0.2, 0.25) is 0 Å². The average Bonchev–Trinajstić information content (AvgIpc) is 3.19. The maximum Gasteiger partial charge on any atom is 0.224 e. The molecule has 0 fully saturated rings. The predicted octanol–water partition coefficient (Wildman–Crippen LogP) is 4.90. The number of carbonyl (C=O) groups is 1. The molecule has 0 bridgehead atoms. The molecule has 0 radical (unpaired) electrons. The van der Waals surface area contributed by atoms with Crippen molar-refractivity contribution in [2.24, 2.45) is 0 Å². The van der Waals surface area contributed by atoms with Crippen molar-refractivity contribution in [2.75, 3.05) is 12.4 Å². The number of fused-ring (bicyclic) bond motifs is 1. The van der Waals surface area contributed by atoms with E-state index in [9.17, 15) is 4.79 Å². The van der Waals surface area contributed by atoms with Crippen molar-refractivity contribution in [1.82, 2.24) is 14.6 Å². The lowest BCUT2D eigenvalue weighted by Gasteiger charge is -2.12. The SMILES string of the molecule is COc1ccccc1-c1cc2nc(C)c(CCC(=O)Nc3ccccc3C)c(C)n2n1. The molecule has 1 amide bonds. The molecule has 0 atom stereocenters. The first kappa shape index (κ1) is 20.6. The van der Waals surface area contributed by atoms with Gasteiger partial charge in [-0.25, -0.2) is 9.50 Å². The molecule has 0 aliphatic carbocycles. The van der Waals surface area contributed by atoms with E-state index in [4.69, 9.17) is 14.8 Å². The summed E-state index contributed by atoms with van der Waals surface area (Å²) in [5.41, 5.74) is 7.36. The Hall–Kier alpha value is -3.67. The highest BCUT2D eigenvalue weighted by Crippen LogP contribution is 2.30. The van der Waals surface area contributed by atoms with Gasteiger partial charge in [-0.2, -0.15) is 5.10 Å². The van der Waals surface area contributed by atoms with Crippen LogP contribution >= 0.6 is 0 Å². The van der Waals surface area contributed by atoms with E-state index >= 15 is 0 Å². The van der Waals surface area contributed by atoms with Crippen LogP contribution in [0.4, 0.5) is 5.69 Å². The minimum absolute atomic E-state index is 0.0108. The van der Waals surface area contributed by atoms with Crippen molar-refractivity contribution < 1.29 is 9.53 Å². The van der Waals surface area contributed by atoms with Gasteiger partial charge in [0.2, 0.25) is 5.91 Å². The molecule has 2 aromatic heterocycles. The van der Waals surface area contributed by atoms with Gasteiger partial charge in [0.15, 0.2) is 5.65 Å². The Morgan fingerprint density at radius 1 is 1.06 bits per heavy atom. The molecule has 0 unspecified atom stereocenters. The summed E-state index contributed by atoms with van der Waals surface area (Å²) in [6.45, 7) is 5.99. The number of benzene rings is 2. The topological polar surface area (TPSA) is 68.5 Å². The summed E-state index contributed by atoms with van der Waals surface area (Å²) in [5, 5.41) is 7.77. The second-order valence-electron chi connectivity index (χ2n) is 7.62. The molecule has 2 heterocycles. The van der Waals surface area contributed by atoms with Crippen LogP contribution in [-0.2, 0) is 11.2 Å². The van der Waals surface area contributed by atoms with Crippen LogP contribution in [0.5, 0.6) is 5.75 Å². The van der Waals surface area contributed by atoms with E-state index in [0.29, 0.717) is 12.8 Å². The van der Waals surface area contributed by atoms with Crippen molar-refractivity contribution >= 4 is 17.2 Å². The van der Waals surface area contributed by atoms with Crippen LogP contribution in [-0.4, -0.2) is 27.6 Å². The van der Waals surface area contributed by atoms with E-state index in [1.165, 1.54) is 0 Å². The number of nitrogens with zero attached hydrogens (tertiary/aromatic N) is 3. The fraction of sp³-hybridized carbons (Fsp3) is 0.240. The maximum atomic E-state index is 12.5. The Morgan fingerprint density at radius 3 is 2.58 bits per heavy atom. The molecular weight excluding hydrogens is 388 g/mol. The normalized spacial score (nSPS) is 11.0. The minimum Gasteiger partial charge on any atom is -0.496 e. The summed E-state index contributed by atoms with van der Waals surface area (Å²) in [5.74, 6) is 0.761. The van der Waals surface area contributed by atoms with Crippen molar-refractivity contribution in [3.8, 4) is 17.0 Å². The summed E-state index contributed by atoms with van der Waals surface area (Å²) in [6, 6.07) is 17.6. The Balaban J connectivity index is 1.59. The van der Waals surface area contributed by atoms with Gasteiger partial charge < -0.3 is 10.1 Å². The smallest absolute Gasteiger partial charge is 0.224 e. The van der Waals surface area contributed by atoms with Gasteiger partial charge >= 0.3 is 0 Å². The fourth-order valence-electron chi connectivity index (χ4n) is 3.84. The van der Waals surface area contributed by atoms with Crippen molar-refractivity contribution in [2.45, 2.75) is 33.6 Å². The maximum absolute atomic E-state index is 12.5. The molecule has 4 rings (SSSR count). The first-order valence-electron chi connectivity index (χ1n) is 10.3. The standard InChI is InChI=1S/C25H26N4O2/c1-16-9-5-7-11-21(16)27-25(30)14-13-19-17(2)26-24-15-22(28-29(24)18(19)3)20-10-6-8-12-23(20)31-4/h5-12,15H,13-14H2,1-4H3,(H,27,30). The Labute approximate surface area is 181 Å². The molecule has 2 aromatic carbocycles. The Kier molecular flexibility index (Phi) is 5.71. The number of ether oxygens (including phenoxy) is 1. The number of aryl methyl sites for hydroxylation is 3. The number of methoxy groups -OCH3 is 1. The van der Waals surface area contributed by atoms with Crippen LogP contribution in [0.3, 0.4) is 0 Å². The quantitative estimate of drug-likeness (QED) is 0.487. The first-order chi connectivity index (χ1) is 15.0. The largest absolute Gasteiger partial charge is 0.496 e. The number of hydrogen-bond donors (Lipinski definition) is 1. The van der Waals surface area contributed by atoms with Crippen LogP contribution in [0, 0.1) is 20.8 Å². The summed E-state index contributed by atoms with van der Waals surface area (Å²) < 4.78 is 7.33. The number of carbonyl (C=O) groups excluding carboxylic acids is 1. The van der Waals surface area contributed by atoms with Crippen molar-refractivity contribution in [3.63, 3.8) is 0 Å². The predicted molar refractivity (Wildman–Crippen MR) is 123 cm³/mol. The van der Waals surface area contributed by atoms with Crippen LogP contribution in [0.1, 0.15) is 28.9 Å². The lowest BCUT2D eigenvalue weighted by molar-refractivity contribution is -0.116. The third-order valence-electron chi connectivity index (χ3n) is 5.57. The zero-order chi connectivity index (χ0) is 22.0. The molecule has 0 aliphatic heterocycles. The number of rotatable bonds is 6. The van der Waals surface area contributed by atoms with Gasteiger partial charge in [-0.05, 0) is 56.5 Å². The molecule has 0 spiro atoms. The van der Waals surface area contributed by atoms with Gasteiger partial charge in [-0.1, -0.05) is 30.3 Å². The second kappa shape index (κ2) is 8.60. The molecule has 31 heavy (non-hydrogen) atoms. The van der Waals surface area contributed by atoms with Crippen LogP contribution < -0.4 is 10.1 Å². The van der Waals surface area contributed by atoms with Crippen LogP contribution in [0.15, 0.2) is 54.6 Å². The second-order valence-corrected chi connectivity index (χ2v) is 7.62. The van der Waals surface area contributed by atoms with Crippen molar-refractivity contribution in [3.05, 3.63) is 77.1 Å². The van der Waals surface area contributed by atoms with E-state index in [-0.39, 0.29) is 5.91 Å².